The first-order valence-corrected chi connectivity index (χ1v) is 8.29. The van der Waals surface area contributed by atoms with Gasteiger partial charge in [-0.3, -0.25) is 4.79 Å². The molecule has 2 heterocycles. The molecule has 2 aliphatic heterocycles. The van der Waals surface area contributed by atoms with Crippen molar-refractivity contribution >= 4 is 12.0 Å². The van der Waals surface area contributed by atoms with E-state index in [9.17, 15) is 9.59 Å². The van der Waals surface area contributed by atoms with Gasteiger partial charge in [0.15, 0.2) is 0 Å². The Hall–Kier alpha value is -2.24. The molecule has 0 atom stereocenters. The standard InChI is InChI=1S/C18H24N2O4/c1-23-15-5-3-14(4-6-15)11-16(21)19-9-7-18(8-10-19)12-20(13-18)17(22)24-2/h3-6H,7-13H2,1-2H3. The summed E-state index contributed by atoms with van der Waals surface area (Å²) in [6.45, 7) is 3.04. The number of methoxy groups -OCH3 is 2. The zero-order valence-electron chi connectivity index (χ0n) is 14.3. The van der Waals surface area contributed by atoms with Crippen LogP contribution in [0, 0.1) is 5.41 Å². The van der Waals surface area contributed by atoms with Crippen molar-refractivity contribution in [2.24, 2.45) is 5.41 Å². The van der Waals surface area contributed by atoms with Gasteiger partial charge in [0.1, 0.15) is 5.75 Å². The van der Waals surface area contributed by atoms with E-state index in [1.807, 2.05) is 29.2 Å². The van der Waals surface area contributed by atoms with Crippen molar-refractivity contribution in [1.82, 2.24) is 9.80 Å². The Labute approximate surface area is 142 Å². The number of nitrogens with zero attached hydrogens (tertiary/aromatic N) is 2. The van der Waals surface area contributed by atoms with E-state index in [-0.39, 0.29) is 17.4 Å². The molecule has 6 nitrogen and oxygen atoms in total. The van der Waals surface area contributed by atoms with Crippen LogP contribution in [0.1, 0.15) is 18.4 Å². The van der Waals surface area contributed by atoms with Crippen molar-refractivity contribution < 1.29 is 19.1 Å². The van der Waals surface area contributed by atoms with Gasteiger partial charge in [-0.05, 0) is 30.5 Å². The first-order valence-electron chi connectivity index (χ1n) is 8.29. The summed E-state index contributed by atoms with van der Waals surface area (Å²) in [6, 6.07) is 7.62. The highest BCUT2D eigenvalue weighted by Gasteiger charge is 2.47. The van der Waals surface area contributed by atoms with Crippen LogP contribution in [0.15, 0.2) is 24.3 Å². The van der Waals surface area contributed by atoms with Gasteiger partial charge in [0, 0.05) is 31.6 Å². The van der Waals surface area contributed by atoms with E-state index in [1.54, 1.807) is 12.0 Å². The van der Waals surface area contributed by atoms with Gasteiger partial charge in [-0.1, -0.05) is 12.1 Å². The highest BCUT2D eigenvalue weighted by molar-refractivity contribution is 5.79. The SMILES string of the molecule is COC(=O)N1CC2(CCN(C(=O)Cc3ccc(OC)cc3)CC2)C1. The number of likely N-dealkylation sites (tertiary alicyclic amines) is 2. The fourth-order valence-electron chi connectivity index (χ4n) is 3.60. The van der Waals surface area contributed by atoms with Crippen molar-refractivity contribution in [1.29, 1.82) is 0 Å². The molecule has 0 unspecified atom stereocenters. The molecule has 2 aliphatic rings. The summed E-state index contributed by atoms with van der Waals surface area (Å²) in [5.74, 6) is 0.963. The Bertz CT molecular complexity index is 598. The highest BCUT2D eigenvalue weighted by Crippen LogP contribution is 2.40. The number of rotatable bonds is 3. The first kappa shape index (κ1) is 16.6. The quantitative estimate of drug-likeness (QED) is 0.849. The molecule has 2 amide bonds. The molecule has 130 valence electrons. The number of benzene rings is 1. The predicted octanol–water partition coefficient (Wildman–Crippen LogP) is 1.93. The third-order valence-corrected chi connectivity index (χ3v) is 5.18. The fraction of sp³-hybridized carbons (Fsp3) is 0.556. The molecule has 0 radical (unpaired) electrons. The Morgan fingerprint density at radius 1 is 1.04 bits per heavy atom. The minimum Gasteiger partial charge on any atom is -0.497 e. The van der Waals surface area contributed by atoms with E-state index >= 15 is 0 Å². The number of carbonyl (C=O) groups is 2. The van der Waals surface area contributed by atoms with Crippen molar-refractivity contribution in [2.75, 3.05) is 40.4 Å². The normalized spacial score (nSPS) is 18.9. The molecule has 0 N–H and O–H groups in total. The van der Waals surface area contributed by atoms with Crippen molar-refractivity contribution in [3.63, 3.8) is 0 Å². The van der Waals surface area contributed by atoms with Crippen LogP contribution < -0.4 is 4.74 Å². The number of hydrogen-bond donors (Lipinski definition) is 0. The summed E-state index contributed by atoms with van der Waals surface area (Å²) in [5, 5.41) is 0. The molecule has 0 bridgehead atoms. The second-order valence-corrected chi connectivity index (χ2v) is 6.73. The molecule has 0 aromatic heterocycles. The molecule has 1 aromatic carbocycles. The van der Waals surface area contributed by atoms with Crippen LogP contribution in [0.3, 0.4) is 0 Å². The monoisotopic (exact) mass is 332 g/mol. The van der Waals surface area contributed by atoms with Gasteiger partial charge < -0.3 is 19.3 Å². The second-order valence-electron chi connectivity index (χ2n) is 6.73. The van der Waals surface area contributed by atoms with Gasteiger partial charge in [-0.2, -0.15) is 0 Å². The van der Waals surface area contributed by atoms with E-state index in [0.717, 1.165) is 50.3 Å². The number of amides is 2. The Morgan fingerprint density at radius 2 is 1.67 bits per heavy atom. The molecule has 24 heavy (non-hydrogen) atoms. The summed E-state index contributed by atoms with van der Waals surface area (Å²) in [5.41, 5.74) is 1.19. The van der Waals surface area contributed by atoms with Crippen LogP contribution in [0.2, 0.25) is 0 Å². The summed E-state index contributed by atoms with van der Waals surface area (Å²) in [7, 11) is 3.04. The summed E-state index contributed by atoms with van der Waals surface area (Å²) >= 11 is 0. The third-order valence-electron chi connectivity index (χ3n) is 5.18. The Morgan fingerprint density at radius 3 is 2.21 bits per heavy atom. The molecular formula is C18H24N2O4. The third kappa shape index (κ3) is 3.32. The van der Waals surface area contributed by atoms with Gasteiger partial charge in [-0.15, -0.1) is 0 Å². The topological polar surface area (TPSA) is 59.1 Å². The van der Waals surface area contributed by atoms with Crippen LogP contribution in [0.5, 0.6) is 5.75 Å². The zero-order valence-corrected chi connectivity index (χ0v) is 14.3. The largest absolute Gasteiger partial charge is 0.497 e. The van der Waals surface area contributed by atoms with E-state index < -0.39 is 0 Å². The zero-order chi connectivity index (χ0) is 17.2. The summed E-state index contributed by atoms with van der Waals surface area (Å²) in [4.78, 5) is 27.6. The predicted molar refractivity (Wildman–Crippen MR) is 88.9 cm³/mol. The van der Waals surface area contributed by atoms with Gasteiger partial charge in [0.25, 0.3) is 0 Å². The lowest BCUT2D eigenvalue weighted by Gasteiger charge is -2.53. The highest BCUT2D eigenvalue weighted by atomic mass is 16.5. The maximum Gasteiger partial charge on any atom is 0.409 e. The van der Waals surface area contributed by atoms with Gasteiger partial charge in [-0.25, -0.2) is 4.79 Å². The van der Waals surface area contributed by atoms with Crippen LogP contribution >= 0.6 is 0 Å². The molecule has 6 heteroatoms. The van der Waals surface area contributed by atoms with E-state index in [0.29, 0.717) is 6.42 Å². The lowest BCUT2D eigenvalue weighted by atomic mass is 9.72. The molecule has 1 aromatic rings. The van der Waals surface area contributed by atoms with Crippen LogP contribution in [-0.2, 0) is 16.0 Å². The van der Waals surface area contributed by atoms with Gasteiger partial charge >= 0.3 is 6.09 Å². The molecule has 2 fully saturated rings. The fourth-order valence-corrected chi connectivity index (χ4v) is 3.60. The van der Waals surface area contributed by atoms with Crippen molar-refractivity contribution in [2.45, 2.75) is 19.3 Å². The molecule has 2 saturated heterocycles. The minimum absolute atomic E-state index is 0.166. The van der Waals surface area contributed by atoms with Crippen LogP contribution in [-0.4, -0.2) is 62.2 Å². The summed E-state index contributed by atoms with van der Waals surface area (Å²) in [6.07, 6.45) is 2.08. The summed E-state index contributed by atoms with van der Waals surface area (Å²) < 4.78 is 9.88. The van der Waals surface area contributed by atoms with E-state index in [4.69, 9.17) is 9.47 Å². The lowest BCUT2D eigenvalue weighted by molar-refractivity contribution is -0.135. The molecular weight excluding hydrogens is 308 g/mol. The van der Waals surface area contributed by atoms with E-state index in [1.165, 1.54) is 7.11 Å². The maximum absolute atomic E-state index is 12.5. The van der Waals surface area contributed by atoms with Gasteiger partial charge in [0.05, 0.1) is 20.6 Å². The minimum atomic E-state index is -0.251. The second kappa shape index (κ2) is 6.71. The number of hydrogen-bond acceptors (Lipinski definition) is 4. The van der Waals surface area contributed by atoms with Gasteiger partial charge in [0.2, 0.25) is 5.91 Å². The smallest absolute Gasteiger partial charge is 0.409 e. The maximum atomic E-state index is 12.5. The first-order chi connectivity index (χ1) is 11.5. The number of carbonyl (C=O) groups excluding carboxylic acids is 2. The average molecular weight is 332 g/mol. The van der Waals surface area contributed by atoms with Crippen molar-refractivity contribution in [3.8, 4) is 5.75 Å². The lowest BCUT2D eigenvalue weighted by Crippen LogP contribution is -2.62. The average Bonchev–Trinajstić information content (AvgIpc) is 2.59. The van der Waals surface area contributed by atoms with Crippen molar-refractivity contribution in [3.05, 3.63) is 29.8 Å². The van der Waals surface area contributed by atoms with E-state index in [2.05, 4.69) is 0 Å². The van der Waals surface area contributed by atoms with Crippen LogP contribution in [0.25, 0.3) is 0 Å². The van der Waals surface area contributed by atoms with Crippen LogP contribution in [0.4, 0.5) is 4.79 Å². The molecule has 1 spiro atoms. The molecule has 3 rings (SSSR count). The molecule has 0 aliphatic carbocycles. The number of ether oxygens (including phenoxy) is 2. The molecule has 0 saturated carbocycles. The number of piperidine rings is 1. The Kier molecular flexibility index (Phi) is 4.64. The Balaban J connectivity index is 1.48.